The van der Waals surface area contributed by atoms with E-state index in [9.17, 15) is 9.59 Å². The summed E-state index contributed by atoms with van der Waals surface area (Å²) in [5.74, 6) is 0.396. The summed E-state index contributed by atoms with van der Waals surface area (Å²) in [4.78, 5) is 32.3. The Hall–Kier alpha value is -4.00. The van der Waals surface area contributed by atoms with Gasteiger partial charge in [-0.3, -0.25) is 14.6 Å². The zero-order valence-corrected chi connectivity index (χ0v) is 18.8. The van der Waals surface area contributed by atoms with Gasteiger partial charge in [-0.25, -0.2) is 4.68 Å². The first-order valence-corrected chi connectivity index (χ1v) is 11.0. The fourth-order valence-corrected chi connectivity index (χ4v) is 3.89. The molecule has 2 heterocycles. The number of anilines is 1. The van der Waals surface area contributed by atoms with E-state index in [4.69, 9.17) is 4.74 Å². The van der Waals surface area contributed by atoms with E-state index in [0.29, 0.717) is 36.4 Å². The topological polar surface area (TPSA) is 77.3 Å². The van der Waals surface area contributed by atoms with E-state index in [2.05, 4.69) is 10.1 Å². The van der Waals surface area contributed by atoms with Crippen molar-refractivity contribution in [3.8, 4) is 5.75 Å². The molecule has 0 aliphatic rings. The molecule has 2 aromatic heterocycles. The SMILES string of the molecule is CCOc1ccccc1N(CC)C(=O)Cn1nc(Cc2cccnc2)c2ccccc2c1=O. The van der Waals surface area contributed by atoms with Crippen molar-refractivity contribution in [2.75, 3.05) is 18.1 Å². The molecule has 0 fully saturated rings. The first-order chi connectivity index (χ1) is 16.1. The van der Waals surface area contributed by atoms with Gasteiger partial charge >= 0.3 is 0 Å². The number of hydrogen-bond acceptors (Lipinski definition) is 5. The zero-order chi connectivity index (χ0) is 23.2. The molecular weight excluding hydrogens is 416 g/mol. The number of benzene rings is 2. The van der Waals surface area contributed by atoms with Crippen molar-refractivity contribution in [3.63, 3.8) is 0 Å². The van der Waals surface area contributed by atoms with E-state index in [1.807, 2.05) is 68.4 Å². The molecule has 7 heteroatoms. The number of amides is 1. The summed E-state index contributed by atoms with van der Waals surface area (Å²) in [6.45, 7) is 4.56. The fourth-order valence-electron chi connectivity index (χ4n) is 3.89. The molecule has 0 atom stereocenters. The Morgan fingerprint density at radius 3 is 2.48 bits per heavy atom. The van der Waals surface area contributed by atoms with Crippen LogP contribution in [0.2, 0.25) is 0 Å². The molecule has 0 N–H and O–H groups in total. The first kappa shape index (κ1) is 22.2. The van der Waals surface area contributed by atoms with E-state index >= 15 is 0 Å². The fraction of sp³-hybridized carbons (Fsp3) is 0.231. The van der Waals surface area contributed by atoms with Gasteiger partial charge in [0.1, 0.15) is 12.3 Å². The number of para-hydroxylation sites is 2. The number of likely N-dealkylation sites (N-methyl/N-ethyl adjacent to an activating group) is 1. The van der Waals surface area contributed by atoms with E-state index in [0.717, 1.165) is 16.6 Å². The van der Waals surface area contributed by atoms with Gasteiger partial charge in [0.05, 0.1) is 23.4 Å². The number of carbonyl (C=O) groups excluding carboxylic acids is 1. The highest BCUT2D eigenvalue weighted by molar-refractivity contribution is 5.95. The monoisotopic (exact) mass is 442 g/mol. The van der Waals surface area contributed by atoms with Crippen molar-refractivity contribution < 1.29 is 9.53 Å². The number of rotatable bonds is 8. The minimum atomic E-state index is -0.289. The second kappa shape index (κ2) is 10.1. The van der Waals surface area contributed by atoms with Crippen molar-refractivity contribution >= 4 is 22.4 Å². The van der Waals surface area contributed by atoms with Crippen LogP contribution in [0.25, 0.3) is 10.8 Å². The Balaban J connectivity index is 1.71. The Morgan fingerprint density at radius 1 is 1.00 bits per heavy atom. The Bertz CT molecular complexity index is 1320. The third-order valence-corrected chi connectivity index (χ3v) is 5.40. The lowest BCUT2D eigenvalue weighted by Gasteiger charge is -2.24. The van der Waals surface area contributed by atoms with Gasteiger partial charge in [0, 0.05) is 30.7 Å². The van der Waals surface area contributed by atoms with Gasteiger partial charge in [0.25, 0.3) is 5.56 Å². The number of aromatic nitrogens is 3. The maximum absolute atomic E-state index is 13.3. The molecule has 0 saturated carbocycles. The van der Waals surface area contributed by atoms with Crippen molar-refractivity contribution in [3.05, 3.63) is 94.7 Å². The summed E-state index contributed by atoms with van der Waals surface area (Å²) in [6, 6.07) is 18.6. The molecule has 0 radical (unpaired) electrons. The standard InChI is InChI=1S/C26H26N4O3/c1-3-29(23-13-7-8-14-24(23)33-4-2)25(31)18-30-26(32)21-12-6-5-11-20(21)22(28-30)16-19-10-9-15-27-17-19/h5-15,17H,3-4,16,18H2,1-2H3. The van der Waals surface area contributed by atoms with Gasteiger partial charge in [0.15, 0.2) is 0 Å². The largest absolute Gasteiger partial charge is 0.492 e. The van der Waals surface area contributed by atoms with Crippen molar-refractivity contribution in [2.24, 2.45) is 0 Å². The Morgan fingerprint density at radius 2 is 1.76 bits per heavy atom. The van der Waals surface area contributed by atoms with Crippen LogP contribution in [0.1, 0.15) is 25.1 Å². The average Bonchev–Trinajstić information content (AvgIpc) is 2.84. The molecule has 168 valence electrons. The van der Waals surface area contributed by atoms with Crippen molar-refractivity contribution in [2.45, 2.75) is 26.8 Å². The van der Waals surface area contributed by atoms with Crippen LogP contribution in [0, 0.1) is 0 Å². The molecule has 33 heavy (non-hydrogen) atoms. The lowest BCUT2D eigenvalue weighted by molar-refractivity contribution is -0.119. The summed E-state index contributed by atoms with van der Waals surface area (Å²) in [5.41, 5.74) is 2.09. The average molecular weight is 443 g/mol. The number of nitrogens with zero attached hydrogens (tertiary/aromatic N) is 4. The van der Waals surface area contributed by atoms with Gasteiger partial charge in [-0.2, -0.15) is 5.10 Å². The van der Waals surface area contributed by atoms with E-state index in [1.54, 1.807) is 23.4 Å². The minimum Gasteiger partial charge on any atom is -0.492 e. The molecule has 1 amide bonds. The van der Waals surface area contributed by atoms with Crippen LogP contribution in [-0.2, 0) is 17.8 Å². The van der Waals surface area contributed by atoms with Crippen LogP contribution in [0.15, 0.2) is 77.9 Å². The van der Waals surface area contributed by atoms with Crippen molar-refractivity contribution in [1.29, 1.82) is 0 Å². The highest BCUT2D eigenvalue weighted by Gasteiger charge is 2.20. The highest BCUT2D eigenvalue weighted by atomic mass is 16.5. The predicted octanol–water partition coefficient (Wildman–Crippen LogP) is 3.83. The normalized spacial score (nSPS) is 10.8. The van der Waals surface area contributed by atoms with Gasteiger partial charge < -0.3 is 9.64 Å². The van der Waals surface area contributed by atoms with Crippen LogP contribution >= 0.6 is 0 Å². The zero-order valence-electron chi connectivity index (χ0n) is 18.8. The highest BCUT2D eigenvalue weighted by Crippen LogP contribution is 2.28. The molecule has 2 aromatic carbocycles. The molecule has 0 bridgehead atoms. The molecular formula is C26H26N4O3. The summed E-state index contributed by atoms with van der Waals surface area (Å²) in [6.07, 6.45) is 4.00. The van der Waals surface area contributed by atoms with Crippen molar-refractivity contribution in [1.82, 2.24) is 14.8 Å². The van der Waals surface area contributed by atoms with Crippen LogP contribution in [0.4, 0.5) is 5.69 Å². The number of pyridine rings is 1. The summed E-state index contributed by atoms with van der Waals surface area (Å²) in [5, 5.41) is 5.92. The van der Waals surface area contributed by atoms with Crippen LogP contribution < -0.4 is 15.2 Å². The number of fused-ring (bicyclic) bond motifs is 1. The van der Waals surface area contributed by atoms with E-state index < -0.39 is 0 Å². The molecule has 4 rings (SSSR count). The maximum Gasteiger partial charge on any atom is 0.275 e. The Labute approximate surface area is 192 Å². The molecule has 0 spiro atoms. The van der Waals surface area contributed by atoms with Gasteiger partial charge in [0.2, 0.25) is 5.91 Å². The first-order valence-electron chi connectivity index (χ1n) is 11.0. The van der Waals surface area contributed by atoms with E-state index in [1.165, 1.54) is 4.68 Å². The number of ether oxygens (including phenoxy) is 1. The Kier molecular flexibility index (Phi) is 6.78. The molecule has 0 aliphatic carbocycles. The van der Waals surface area contributed by atoms with Crippen LogP contribution in [0.5, 0.6) is 5.75 Å². The lowest BCUT2D eigenvalue weighted by Crippen LogP contribution is -2.38. The molecule has 0 aliphatic heterocycles. The third-order valence-electron chi connectivity index (χ3n) is 5.40. The maximum atomic E-state index is 13.3. The van der Waals surface area contributed by atoms with Gasteiger partial charge in [-0.05, 0) is 43.7 Å². The van der Waals surface area contributed by atoms with E-state index in [-0.39, 0.29) is 18.0 Å². The quantitative estimate of drug-likeness (QED) is 0.414. The van der Waals surface area contributed by atoms with Crippen LogP contribution in [0.3, 0.4) is 0 Å². The second-order valence-electron chi connectivity index (χ2n) is 7.53. The molecule has 0 saturated heterocycles. The summed E-state index contributed by atoms with van der Waals surface area (Å²) in [7, 11) is 0. The number of hydrogen-bond donors (Lipinski definition) is 0. The van der Waals surface area contributed by atoms with Crippen LogP contribution in [-0.4, -0.2) is 33.8 Å². The smallest absolute Gasteiger partial charge is 0.275 e. The summed E-state index contributed by atoms with van der Waals surface area (Å²) >= 11 is 0. The minimum absolute atomic E-state index is 0.169. The third kappa shape index (κ3) is 4.77. The molecule has 4 aromatic rings. The van der Waals surface area contributed by atoms with Gasteiger partial charge in [-0.15, -0.1) is 0 Å². The lowest BCUT2D eigenvalue weighted by atomic mass is 10.1. The number of carbonyl (C=O) groups is 1. The molecule has 7 nitrogen and oxygen atoms in total. The predicted molar refractivity (Wildman–Crippen MR) is 129 cm³/mol. The second-order valence-corrected chi connectivity index (χ2v) is 7.53. The van der Waals surface area contributed by atoms with Gasteiger partial charge in [-0.1, -0.05) is 36.4 Å². The molecule has 0 unspecified atom stereocenters. The summed E-state index contributed by atoms with van der Waals surface area (Å²) < 4.78 is 6.97.